The van der Waals surface area contributed by atoms with E-state index in [0.29, 0.717) is 6.04 Å². The van der Waals surface area contributed by atoms with Gasteiger partial charge in [0.1, 0.15) is 0 Å². The van der Waals surface area contributed by atoms with E-state index in [1.807, 2.05) is 0 Å². The van der Waals surface area contributed by atoms with Gasteiger partial charge in [-0.05, 0) is 39.7 Å². The van der Waals surface area contributed by atoms with Gasteiger partial charge in [-0.15, -0.1) is 0 Å². The molecule has 0 amide bonds. The van der Waals surface area contributed by atoms with Gasteiger partial charge in [-0.3, -0.25) is 4.90 Å². The van der Waals surface area contributed by atoms with E-state index in [9.17, 15) is 5.11 Å². The van der Waals surface area contributed by atoms with Crippen molar-refractivity contribution in [3.63, 3.8) is 0 Å². The summed E-state index contributed by atoms with van der Waals surface area (Å²) in [5.41, 5.74) is 0.274. The zero-order valence-corrected chi connectivity index (χ0v) is 9.29. The van der Waals surface area contributed by atoms with Crippen LogP contribution in [0, 0.1) is 0 Å². The first kappa shape index (κ1) is 10.4. The first-order chi connectivity index (χ1) is 6.57. The smallest absolute Gasteiger partial charge is 0.0679 e. The summed E-state index contributed by atoms with van der Waals surface area (Å²) >= 11 is 0. The monoisotopic (exact) mass is 198 g/mol. The van der Waals surface area contributed by atoms with E-state index in [-0.39, 0.29) is 11.6 Å². The maximum Gasteiger partial charge on any atom is 0.0679 e. The van der Waals surface area contributed by atoms with Crippen LogP contribution < -0.4 is 5.32 Å². The molecular formula is C11H22N2O. The first-order valence-electron chi connectivity index (χ1n) is 5.74. The van der Waals surface area contributed by atoms with Crippen LogP contribution in [0.2, 0.25) is 0 Å². The lowest BCUT2D eigenvalue weighted by Gasteiger charge is -2.40. The lowest BCUT2D eigenvalue weighted by molar-refractivity contribution is 0.118. The molecule has 2 N–H and O–H groups in total. The molecule has 82 valence electrons. The van der Waals surface area contributed by atoms with Gasteiger partial charge in [0.15, 0.2) is 0 Å². The molecule has 2 aliphatic rings. The third-order valence-corrected chi connectivity index (χ3v) is 3.54. The van der Waals surface area contributed by atoms with Crippen LogP contribution in [-0.4, -0.2) is 47.3 Å². The number of β-amino-alcohol motifs (C(OH)–C–C–N with tert-alkyl or cyclic N) is 1. The topological polar surface area (TPSA) is 35.5 Å². The van der Waals surface area contributed by atoms with Crippen LogP contribution in [0.3, 0.4) is 0 Å². The summed E-state index contributed by atoms with van der Waals surface area (Å²) in [6.07, 6.45) is 3.33. The van der Waals surface area contributed by atoms with Crippen LogP contribution in [0.15, 0.2) is 0 Å². The Labute approximate surface area is 86.5 Å². The van der Waals surface area contributed by atoms with Gasteiger partial charge < -0.3 is 10.4 Å². The predicted molar refractivity (Wildman–Crippen MR) is 57.3 cm³/mol. The summed E-state index contributed by atoms with van der Waals surface area (Å²) in [6, 6.07) is 0.684. The second kappa shape index (κ2) is 3.80. The molecule has 2 fully saturated rings. The highest BCUT2D eigenvalue weighted by atomic mass is 16.3. The van der Waals surface area contributed by atoms with Crippen molar-refractivity contribution >= 4 is 0 Å². The summed E-state index contributed by atoms with van der Waals surface area (Å²) in [5.74, 6) is 0. The third-order valence-electron chi connectivity index (χ3n) is 3.54. The maximum atomic E-state index is 9.50. The average molecular weight is 198 g/mol. The highest BCUT2D eigenvalue weighted by Crippen LogP contribution is 2.25. The zero-order valence-electron chi connectivity index (χ0n) is 9.29. The van der Waals surface area contributed by atoms with Crippen molar-refractivity contribution in [3.05, 3.63) is 0 Å². The molecule has 2 rings (SSSR count). The highest BCUT2D eigenvalue weighted by molar-refractivity contribution is 4.92. The fraction of sp³-hybridized carbons (Fsp3) is 1.00. The molecule has 3 nitrogen and oxygen atoms in total. The van der Waals surface area contributed by atoms with Crippen molar-refractivity contribution in [3.8, 4) is 0 Å². The van der Waals surface area contributed by atoms with Crippen molar-refractivity contribution in [1.82, 2.24) is 10.2 Å². The number of nitrogens with zero attached hydrogens (tertiary/aromatic N) is 1. The summed E-state index contributed by atoms with van der Waals surface area (Å²) in [4.78, 5) is 2.47. The molecule has 2 aliphatic heterocycles. The second-order valence-corrected chi connectivity index (χ2v) is 5.39. The summed E-state index contributed by atoms with van der Waals surface area (Å²) in [5, 5.41) is 13.0. The van der Waals surface area contributed by atoms with Gasteiger partial charge in [0.2, 0.25) is 0 Å². The molecule has 14 heavy (non-hydrogen) atoms. The van der Waals surface area contributed by atoms with Crippen LogP contribution in [-0.2, 0) is 0 Å². The number of aliphatic hydroxyl groups excluding tert-OH is 1. The van der Waals surface area contributed by atoms with E-state index in [1.54, 1.807) is 0 Å². The Morgan fingerprint density at radius 1 is 1.36 bits per heavy atom. The summed E-state index contributed by atoms with van der Waals surface area (Å²) in [7, 11) is 0. The van der Waals surface area contributed by atoms with E-state index in [0.717, 1.165) is 26.1 Å². The van der Waals surface area contributed by atoms with Crippen LogP contribution in [0.25, 0.3) is 0 Å². The summed E-state index contributed by atoms with van der Waals surface area (Å²) in [6.45, 7) is 7.63. The largest absolute Gasteiger partial charge is 0.392 e. The Kier molecular flexibility index (Phi) is 2.82. The van der Waals surface area contributed by atoms with Crippen LogP contribution in [0.1, 0.15) is 33.1 Å². The SMILES string of the molecule is CC1(C)CC(N2CCC(O)C2)CCN1. The first-order valence-corrected chi connectivity index (χ1v) is 5.74. The van der Waals surface area contributed by atoms with Crippen molar-refractivity contribution in [1.29, 1.82) is 0 Å². The second-order valence-electron chi connectivity index (χ2n) is 5.39. The number of likely N-dealkylation sites (tertiary alicyclic amines) is 1. The van der Waals surface area contributed by atoms with Gasteiger partial charge in [-0.25, -0.2) is 0 Å². The quantitative estimate of drug-likeness (QED) is 0.647. The molecule has 0 bridgehead atoms. The molecule has 3 heteroatoms. The van der Waals surface area contributed by atoms with E-state index < -0.39 is 0 Å². The van der Waals surface area contributed by atoms with Crippen LogP contribution >= 0.6 is 0 Å². The normalized spacial score (nSPS) is 38.8. The van der Waals surface area contributed by atoms with E-state index in [2.05, 4.69) is 24.1 Å². The Bertz CT molecular complexity index is 205. The molecule has 0 spiro atoms. The van der Waals surface area contributed by atoms with Crippen molar-refractivity contribution in [2.24, 2.45) is 0 Å². The molecule has 0 saturated carbocycles. The molecule has 0 aliphatic carbocycles. The molecule has 0 aromatic carbocycles. The Morgan fingerprint density at radius 3 is 2.71 bits per heavy atom. The Hall–Kier alpha value is -0.120. The minimum absolute atomic E-state index is 0.0759. The molecule has 0 radical (unpaired) electrons. The van der Waals surface area contributed by atoms with Crippen LogP contribution in [0.5, 0.6) is 0 Å². The van der Waals surface area contributed by atoms with Crippen molar-refractivity contribution in [2.45, 2.75) is 50.8 Å². The number of aliphatic hydroxyl groups is 1. The van der Waals surface area contributed by atoms with Gasteiger partial charge in [0.25, 0.3) is 0 Å². The summed E-state index contributed by atoms with van der Waals surface area (Å²) < 4.78 is 0. The number of nitrogens with one attached hydrogen (secondary N) is 1. The molecule has 2 saturated heterocycles. The van der Waals surface area contributed by atoms with Gasteiger partial charge in [0.05, 0.1) is 6.10 Å². The Balaban J connectivity index is 1.91. The number of piperidine rings is 1. The molecule has 2 atom stereocenters. The number of hydrogen-bond acceptors (Lipinski definition) is 3. The minimum Gasteiger partial charge on any atom is -0.392 e. The minimum atomic E-state index is -0.0759. The molecule has 0 aromatic rings. The fourth-order valence-corrected chi connectivity index (χ4v) is 2.75. The molecular weight excluding hydrogens is 176 g/mol. The average Bonchev–Trinajstić information content (AvgIpc) is 2.50. The van der Waals surface area contributed by atoms with Gasteiger partial charge >= 0.3 is 0 Å². The Morgan fingerprint density at radius 2 is 2.14 bits per heavy atom. The van der Waals surface area contributed by atoms with Crippen LogP contribution in [0.4, 0.5) is 0 Å². The van der Waals surface area contributed by atoms with Crippen molar-refractivity contribution < 1.29 is 5.11 Å². The molecule has 0 aromatic heterocycles. The molecule has 2 unspecified atom stereocenters. The van der Waals surface area contributed by atoms with E-state index in [1.165, 1.54) is 12.8 Å². The van der Waals surface area contributed by atoms with Gasteiger partial charge in [-0.2, -0.15) is 0 Å². The third kappa shape index (κ3) is 2.27. The molecule has 2 heterocycles. The van der Waals surface area contributed by atoms with Gasteiger partial charge in [0, 0.05) is 24.7 Å². The van der Waals surface area contributed by atoms with E-state index in [4.69, 9.17) is 0 Å². The standard InChI is InChI=1S/C11H22N2O/c1-11(2)7-9(3-5-12-11)13-6-4-10(14)8-13/h9-10,12,14H,3-8H2,1-2H3. The number of rotatable bonds is 1. The lowest BCUT2D eigenvalue weighted by atomic mass is 9.88. The fourth-order valence-electron chi connectivity index (χ4n) is 2.75. The maximum absolute atomic E-state index is 9.50. The number of hydrogen-bond donors (Lipinski definition) is 2. The van der Waals surface area contributed by atoms with Crippen molar-refractivity contribution in [2.75, 3.05) is 19.6 Å². The highest BCUT2D eigenvalue weighted by Gasteiger charge is 2.33. The lowest BCUT2D eigenvalue weighted by Crippen LogP contribution is -2.52. The van der Waals surface area contributed by atoms with Gasteiger partial charge in [-0.1, -0.05) is 0 Å². The zero-order chi connectivity index (χ0) is 10.2. The van der Waals surface area contributed by atoms with E-state index >= 15 is 0 Å². The predicted octanol–water partition coefficient (Wildman–Crippen LogP) is 0.584.